The largest absolute Gasteiger partial charge is 0.396 e. The van der Waals surface area contributed by atoms with E-state index >= 15 is 0 Å². The van der Waals surface area contributed by atoms with Crippen molar-refractivity contribution in [2.45, 2.75) is 31.6 Å². The van der Waals surface area contributed by atoms with Gasteiger partial charge in [-0.15, -0.1) is 0 Å². The maximum atomic E-state index is 9.40. The Bertz CT molecular complexity index is 1210. The molecule has 3 heterocycles. The summed E-state index contributed by atoms with van der Waals surface area (Å²) in [6.45, 7) is 0.106. The predicted octanol–water partition coefficient (Wildman–Crippen LogP) is 4.55. The van der Waals surface area contributed by atoms with E-state index in [0.717, 1.165) is 46.1 Å². The van der Waals surface area contributed by atoms with Gasteiger partial charge in [-0.25, -0.2) is 4.98 Å². The highest BCUT2D eigenvalue weighted by Crippen LogP contribution is 2.49. The van der Waals surface area contributed by atoms with Gasteiger partial charge in [-0.3, -0.25) is 9.97 Å². The summed E-state index contributed by atoms with van der Waals surface area (Å²) in [5.74, 6) is 1.85. The first-order valence-electron chi connectivity index (χ1n) is 10.9. The van der Waals surface area contributed by atoms with Gasteiger partial charge in [-0.2, -0.15) is 0 Å². The number of nitrogens with zero attached hydrogens (tertiary/aromatic N) is 3. The highest BCUT2D eigenvalue weighted by molar-refractivity contribution is 5.93. The molecule has 0 spiro atoms. The molecular weight excluding hydrogens is 384 g/mol. The maximum absolute atomic E-state index is 9.40. The topological polar surface area (TPSA) is 84.9 Å². The zero-order valence-electron chi connectivity index (χ0n) is 17.4. The Labute approximate surface area is 182 Å². The Morgan fingerprint density at radius 1 is 1.03 bits per heavy atom. The fourth-order valence-electron chi connectivity index (χ4n) is 4.51. The third kappa shape index (κ3) is 4.14. The molecule has 1 saturated carbocycles. The number of nitrogens with two attached hydrogens (primary N) is 1. The number of anilines is 1. The lowest BCUT2D eigenvalue weighted by molar-refractivity contribution is 0.300. The van der Waals surface area contributed by atoms with E-state index in [4.69, 9.17) is 5.73 Å². The molecule has 0 saturated heterocycles. The molecular formula is C26H26N4O. The molecule has 1 aliphatic rings. The van der Waals surface area contributed by atoms with Crippen molar-refractivity contribution in [2.75, 3.05) is 12.3 Å². The number of aliphatic hydroxyl groups excluding tert-OH is 1. The lowest BCUT2D eigenvalue weighted by atomic mass is 10.00. The van der Waals surface area contributed by atoms with Crippen LogP contribution < -0.4 is 5.73 Å². The van der Waals surface area contributed by atoms with Crippen LogP contribution in [0.4, 0.5) is 5.82 Å². The van der Waals surface area contributed by atoms with Crippen LogP contribution in [0.5, 0.6) is 0 Å². The van der Waals surface area contributed by atoms with Crippen LogP contribution in [0.15, 0.2) is 67.1 Å². The SMILES string of the molecule is Nc1nc(-c2ccccc2CCO)cc2cc(CC[C@@H]3C[C@H]3c3cccnc3)ncc12. The molecule has 1 aliphatic carbocycles. The van der Waals surface area contributed by atoms with Crippen molar-refractivity contribution < 1.29 is 5.11 Å². The van der Waals surface area contributed by atoms with Crippen molar-refractivity contribution in [2.24, 2.45) is 5.92 Å². The van der Waals surface area contributed by atoms with Crippen LogP contribution in [0, 0.1) is 5.92 Å². The number of nitrogen functional groups attached to an aromatic ring is 1. The highest BCUT2D eigenvalue weighted by atomic mass is 16.2. The molecule has 0 amide bonds. The summed E-state index contributed by atoms with van der Waals surface area (Å²) in [6.07, 6.45) is 9.59. The van der Waals surface area contributed by atoms with Gasteiger partial charge < -0.3 is 10.8 Å². The number of aliphatic hydroxyl groups is 1. The van der Waals surface area contributed by atoms with Gasteiger partial charge in [0.2, 0.25) is 0 Å². The summed E-state index contributed by atoms with van der Waals surface area (Å²) in [7, 11) is 0. The molecule has 5 rings (SSSR count). The van der Waals surface area contributed by atoms with Crippen molar-refractivity contribution in [3.05, 3.63) is 83.9 Å². The quantitative estimate of drug-likeness (QED) is 0.467. The molecule has 0 radical (unpaired) electrons. The second kappa shape index (κ2) is 8.44. The summed E-state index contributed by atoms with van der Waals surface area (Å²) in [4.78, 5) is 13.5. The van der Waals surface area contributed by atoms with E-state index in [0.29, 0.717) is 24.1 Å². The van der Waals surface area contributed by atoms with Gasteiger partial charge >= 0.3 is 0 Å². The Kier molecular flexibility index (Phi) is 5.35. The van der Waals surface area contributed by atoms with Gasteiger partial charge in [0.25, 0.3) is 0 Å². The van der Waals surface area contributed by atoms with Crippen LogP contribution in [0.25, 0.3) is 22.0 Å². The van der Waals surface area contributed by atoms with E-state index in [2.05, 4.69) is 33.2 Å². The average Bonchev–Trinajstić information content (AvgIpc) is 3.58. The van der Waals surface area contributed by atoms with Crippen molar-refractivity contribution in [1.82, 2.24) is 15.0 Å². The van der Waals surface area contributed by atoms with Crippen molar-refractivity contribution >= 4 is 16.6 Å². The van der Waals surface area contributed by atoms with Crippen molar-refractivity contribution in [3.8, 4) is 11.3 Å². The van der Waals surface area contributed by atoms with Gasteiger partial charge in [-0.1, -0.05) is 30.3 Å². The average molecular weight is 411 g/mol. The first kappa shape index (κ1) is 19.6. The molecule has 5 heteroatoms. The lowest BCUT2D eigenvalue weighted by Gasteiger charge is -2.11. The zero-order valence-corrected chi connectivity index (χ0v) is 17.4. The molecule has 4 aromatic rings. The summed E-state index contributed by atoms with van der Waals surface area (Å²) in [5.41, 5.74) is 11.6. The second-order valence-corrected chi connectivity index (χ2v) is 8.35. The molecule has 0 unspecified atom stereocenters. The van der Waals surface area contributed by atoms with Gasteiger partial charge in [0.15, 0.2) is 0 Å². The molecule has 0 bridgehead atoms. The molecule has 3 aromatic heterocycles. The monoisotopic (exact) mass is 410 g/mol. The Hall–Kier alpha value is -3.31. The third-order valence-corrected chi connectivity index (χ3v) is 6.28. The number of hydrogen-bond acceptors (Lipinski definition) is 5. The van der Waals surface area contributed by atoms with Gasteiger partial charge in [0.1, 0.15) is 5.82 Å². The lowest BCUT2D eigenvalue weighted by Crippen LogP contribution is -2.00. The summed E-state index contributed by atoms with van der Waals surface area (Å²) in [5, 5.41) is 11.3. The normalized spacial score (nSPS) is 17.7. The molecule has 3 N–H and O–H groups in total. The standard InChI is InChI=1S/C26H26N4O/c27-26-24-16-29-21(8-7-18-13-23(18)19-5-3-10-28-15-19)12-20(24)14-25(30-26)22-6-2-1-4-17(22)9-11-31/h1-6,10,12,14-16,18,23,31H,7-9,11,13H2,(H2,27,30)/t18-,23-/m1/s1. The minimum Gasteiger partial charge on any atom is -0.396 e. The highest BCUT2D eigenvalue weighted by Gasteiger charge is 2.37. The number of fused-ring (bicyclic) bond motifs is 1. The first-order chi connectivity index (χ1) is 15.2. The smallest absolute Gasteiger partial charge is 0.133 e. The van der Waals surface area contributed by atoms with Crippen molar-refractivity contribution in [1.29, 1.82) is 0 Å². The number of rotatable bonds is 7. The zero-order chi connectivity index (χ0) is 21.2. The Balaban J connectivity index is 1.37. The molecule has 0 aliphatic heterocycles. The van der Waals surface area contributed by atoms with E-state index in [1.807, 2.05) is 48.9 Å². The summed E-state index contributed by atoms with van der Waals surface area (Å²) in [6, 6.07) is 16.5. The minimum absolute atomic E-state index is 0.106. The molecule has 31 heavy (non-hydrogen) atoms. The van der Waals surface area contributed by atoms with Crippen LogP contribution in [-0.2, 0) is 12.8 Å². The number of aromatic nitrogens is 3. The van der Waals surface area contributed by atoms with Crippen molar-refractivity contribution in [3.63, 3.8) is 0 Å². The number of pyridine rings is 3. The molecule has 1 fully saturated rings. The fourth-order valence-corrected chi connectivity index (χ4v) is 4.51. The van der Waals surface area contributed by atoms with E-state index in [1.165, 1.54) is 12.0 Å². The van der Waals surface area contributed by atoms with Crippen LogP contribution >= 0.6 is 0 Å². The first-order valence-corrected chi connectivity index (χ1v) is 10.9. The number of aryl methyl sites for hydroxylation is 1. The molecule has 1 aromatic carbocycles. The third-order valence-electron chi connectivity index (χ3n) is 6.28. The molecule has 5 nitrogen and oxygen atoms in total. The second-order valence-electron chi connectivity index (χ2n) is 8.35. The van der Waals surface area contributed by atoms with Crippen LogP contribution in [-0.4, -0.2) is 26.7 Å². The van der Waals surface area contributed by atoms with Gasteiger partial charge in [-0.05, 0) is 72.2 Å². The van der Waals surface area contributed by atoms with Crippen LogP contribution in [0.2, 0.25) is 0 Å². The van der Waals surface area contributed by atoms with E-state index in [9.17, 15) is 5.11 Å². The van der Waals surface area contributed by atoms with Gasteiger partial charge in [0, 0.05) is 41.8 Å². The van der Waals surface area contributed by atoms with E-state index in [-0.39, 0.29) is 6.61 Å². The molecule has 2 atom stereocenters. The Morgan fingerprint density at radius 2 is 1.94 bits per heavy atom. The van der Waals surface area contributed by atoms with E-state index < -0.39 is 0 Å². The molecule has 156 valence electrons. The number of hydrogen-bond donors (Lipinski definition) is 2. The van der Waals surface area contributed by atoms with Crippen LogP contribution in [0.1, 0.15) is 35.6 Å². The minimum atomic E-state index is 0.106. The van der Waals surface area contributed by atoms with E-state index in [1.54, 1.807) is 0 Å². The summed E-state index contributed by atoms with van der Waals surface area (Å²) < 4.78 is 0. The van der Waals surface area contributed by atoms with Crippen LogP contribution in [0.3, 0.4) is 0 Å². The number of benzene rings is 1. The predicted molar refractivity (Wildman–Crippen MR) is 124 cm³/mol. The summed E-state index contributed by atoms with van der Waals surface area (Å²) >= 11 is 0. The Morgan fingerprint density at radius 3 is 2.77 bits per heavy atom. The fraction of sp³-hybridized carbons (Fsp3) is 0.269. The van der Waals surface area contributed by atoms with Gasteiger partial charge in [0.05, 0.1) is 5.69 Å². The maximum Gasteiger partial charge on any atom is 0.133 e.